The summed E-state index contributed by atoms with van der Waals surface area (Å²) in [5.74, 6) is -0.234. The number of nitrogen functional groups attached to an aromatic ring is 1. The van der Waals surface area contributed by atoms with E-state index < -0.39 is 5.82 Å². The van der Waals surface area contributed by atoms with Gasteiger partial charge in [0.15, 0.2) is 5.82 Å². The van der Waals surface area contributed by atoms with Gasteiger partial charge in [-0.2, -0.15) is 5.10 Å². The molecule has 0 aliphatic carbocycles. The van der Waals surface area contributed by atoms with E-state index in [-0.39, 0.29) is 5.84 Å². The molecule has 3 aromatic rings. The molecule has 2 heterocycles. The largest absolute Gasteiger partial charge is 0.398 e. The van der Waals surface area contributed by atoms with Gasteiger partial charge < -0.3 is 26.4 Å². The lowest BCUT2D eigenvalue weighted by Crippen LogP contribution is -2.54. The first-order valence-electron chi connectivity index (χ1n) is 10.6. The number of aromatic nitrogens is 2. The summed E-state index contributed by atoms with van der Waals surface area (Å²) in [7, 11) is 3.37. The Hall–Kier alpha value is -3.17. The third-order valence-corrected chi connectivity index (χ3v) is 5.62. The number of ether oxygens (including phenoxy) is 1. The Balaban J connectivity index is 1.73. The number of benzene rings is 2. The maximum atomic E-state index is 14.5. The molecule has 4 rings (SSSR count). The molecule has 0 bridgehead atoms. The van der Waals surface area contributed by atoms with E-state index in [1.54, 1.807) is 31.1 Å². The maximum absolute atomic E-state index is 14.5. The molecule has 32 heavy (non-hydrogen) atoms. The van der Waals surface area contributed by atoms with E-state index in [1.165, 1.54) is 6.07 Å². The van der Waals surface area contributed by atoms with Crippen molar-refractivity contribution in [2.45, 2.75) is 32.5 Å². The van der Waals surface area contributed by atoms with Crippen molar-refractivity contribution < 1.29 is 9.13 Å². The van der Waals surface area contributed by atoms with Gasteiger partial charge >= 0.3 is 0 Å². The number of aryl methyl sites for hydroxylation is 1. The van der Waals surface area contributed by atoms with Crippen LogP contribution in [0.2, 0.25) is 0 Å². The molecule has 1 fully saturated rings. The van der Waals surface area contributed by atoms with Crippen molar-refractivity contribution in [3.05, 3.63) is 47.4 Å². The first kappa shape index (κ1) is 22.0. The molecule has 2 atom stereocenters. The smallest absolute Gasteiger partial charge is 0.153 e. The lowest BCUT2D eigenvalue weighted by molar-refractivity contribution is 0.185. The van der Waals surface area contributed by atoms with E-state index in [4.69, 9.17) is 16.2 Å². The predicted molar refractivity (Wildman–Crippen MR) is 127 cm³/mol. The van der Waals surface area contributed by atoms with Gasteiger partial charge in [0.05, 0.1) is 12.3 Å². The molecule has 170 valence electrons. The quantitative estimate of drug-likeness (QED) is 0.321. The highest BCUT2D eigenvalue weighted by molar-refractivity contribution is 6.05. The van der Waals surface area contributed by atoms with Gasteiger partial charge in [-0.3, -0.25) is 4.68 Å². The predicted octanol–water partition coefficient (Wildman–Crippen LogP) is 2.66. The number of nitrogens with two attached hydrogens (primary N) is 2. The normalized spacial score (nSPS) is 19.7. The van der Waals surface area contributed by atoms with Gasteiger partial charge in [-0.05, 0) is 37.6 Å². The topological polar surface area (TPSA) is 107 Å². The number of piperazine rings is 1. The Morgan fingerprint density at radius 3 is 2.66 bits per heavy atom. The molecule has 0 radical (unpaired) electrons. The average Bonchev–Trinajstić information content (AvgIpc) is 3.08. The number of hydrogen-bond acceptors (Lipinski definition) is 6. The fourth-order valence-electron chi connectivity index (χ4n) is 4.47. The number of nitrogens with one attached hydrogen (secondary N) is 1. The number of halogens is 1. The van der Waals surface area contributed by atoms with Crippen molar-refractivity contribution in [1.82, 2.24) is 15.1 Å². The van der Waals surface area contributed by atoms with Gasteiger partial charge in [0.1, 0.15) is 11.4 Å². The Morgan fingerprint density at radius 1 is 1.25 bits per heavy atom. The van der Waals surface area contributed by atoms with Crippen LogP contribution in [0.5, 0.6) is 0 Å². The number of anilines is 2. The molecule has 9 heteroatoms. The minimum atomic E-state index is -0.447. The van der Waals surface area contributed by atoms with Crippen molar-refractivity contribution >= 4 is 33.8 Å². The molecule has 1 aromatic heterocycles. The lowest BCUT2D eigenvalue weighted by Gasteiger charge is -2.38. The number of rotatable bonds is 5. The Bertz CT molecular complexity index is 1160. The van der Waals surface area contributed by atoms with E-state index in [0.717, 1.165) is 24.3 Å². The van der Waals surface area contributed by atoms with Crippen molar-refractivity contribution in [2.75, 3.05) is 30.8 Å². The highest BCUT2D eigenvalue weighted by Crippen LogP contribution is 2.30. The zero-order valence-electron chi connectivity index (χ0n) is 18.9. The summed E-state index contributed by atoms with van der Waals surface area (Å²) in [4.78, 5) is 6.79. The second-order valence-electron chi connectivity index (χ2n) is 8.54. The van der Waals surface area contributed by atoms with Crippen molar-refractivity contribution in [1.29, 1.82) is 0 Å². The molecule has 0 saturated carbocycles. The molecule has 1 aliphatic heterocycles. The number of nitrogens with zero attached hydrogens (tertiary/aromatic N) is 4. The highest BCUT2D eigenvalue weighted by Gasteiger charge is 2.23. The molecule has 1 saturated heterocycles. The molecule has 2 unspecified atom stereocenters. The van der Waals surface area contributed by atoms with E-state index in [1.807, 2.05) is 12.1 Å². The minimum absolute atomic E-state index is 0.214. The summed E-state index contributed by atoms with van der Waals surface area (Å²) >= 11 is 0. The van der Waals surface area contributed by atoms with E-state index in [2.05, 4.69) is 34.2 Å². The SMILES string of the molecule is COCc1cc(N2CC(C)NC(C)C2)cc(N)c1C(N)=Nc1cc(F)c2nn(C)cc2c1. The van der Waals surface area contributed by atoms with Crippen molar-refractivity contribution in [3.63, 3.8) is 0 Å². The molecule has 2 aromatic carbocycles. The molecular formula is C23H30FN7O. The number of methoxy groups -OCH3 is 1. The molecule has 0 spiro atoms. The number of aliphatic imine (C=N–C) groups is 1. The maximum Gasteiger partial charge on any atom is 0.153 e. The van der Waals surface area contributed by atoms with Crippen LogP contribution >= 0.6 is 0 Å². The summed E-state index contributed by atoms with van der Waals surface area (Å²) < 4.78 is 21.5. The summed E-state index contributed by atoms with van der Waals surface area (Å²) in [5, 5.41) is 8.31. The zero-order chi connectivity index (χ0) is 23.0. The standard InChI is InChI=1S/C23H30FN7O/c1-13-9-31(10-14(2)27-13)18-6-16(12-32-4)21(20(25)8-18)23(26)28-17-5-15-11-30(3)29-22(15)19(24)7-17/h5-8,11,13-14,27H,9-10,12,25H2,1-4H3,(H2,26,28). The first-order valence-corrected chi connectivity index (χ1v) is 10.6. The molecule has 5 N–H and O–H groups in total. The summed E-state index contributed by atoms with van der Waals surface area (Å²) in [6.45, 7) is 6.42. The Kier molecular flexibility index (Phi) is 6.03. The second-order valence-corrected chi connectivity index (χ2v) is 8.54. The lowest BCUT2D eigenvalue weighted by atomic mass is 10.0. The van der Waals surface area contributed by atoms with Crippen LogP contribution in [0.25, 0.3) is 10.9 Å². The summed E-state index contributed by atoms with van der Waals surface area (Å²) in [6, 6.07) is 7.79. The van der Waals surface area contributed by atoms with E-state index in [9.17, 15) is 4.39 Å². The molecule has 8 nitrogen and oxygen atoms in total. The van der Waals surface area contributed by atoms with E-state index >= 15 is 0 Å². The second kappa shape index (κ2) is 8.76. The van der Waals surface area contributed by atoms with Crippen LogP contribution in [-0.2, 0) is 18.4 Å². The van der Waals surface area contributed by atoms with Gasteiger partial charge in [-0.25, -0.2) is 9.38 Å². The minimum Gasteiger partial charge on any atom is -0.398 e. The summed E-state index contributed by atoms with van der Waals surface area (Å²) in [6.07, 6.45) is 1.74. The Labute approximate surface area is 187 Å². The van der Waals surface area contributed by atoms with Gasteiger partial charge in [-0.15, -0.1) is 0 Å². The summed E-state index contributed by atoms with van der Waals surface area (Å²) in [5.41, 5.74) is 16.5. The van der Waals surface area contributed by atoms with Gasteiger partial charge in [0.25, 0.3) is 0 Å². The van der Waals surface area contributed by atoms with Crippen LogP contribution in [0.15, 0.2) is 35.5 Å². The van der Waals surface area contributed by atoms with Gasteiger partial charge in [0, 0.05) is 73.9 Å². The fraction of sp³-hybridized carbons (Fsp3) is 0.391. The third kappa shape index (κ3) is 4.39. The average molecular weight is 440 g/mol. The van der Waals surface area contributed by atoms with Crippen LogP contribution in [0, 0.1) is 5.82 Å². The molecule has 1 aliphatic rings. The van der Waals surface area contributed by atoms with Crippen LogP contribution in [0.4, 0.5) is 21.5 Å². The van der Waals surface area contributed by atoms with E-state index in [0.29, 0.717) is 46.5 Å². The third-order valence-electron chi connectivity index (χ3n) is 5.62. The molecule has 0 amide bonds. The number of fused-ring (bicyclic) bond motifs is 1. The van der Waals surface area contributed by atoms with Crippen LogP contribution in [0.1, 0.15) is 25.0 Å². The van der Waals surface area contributed by atoms with Crippen LogP contribution in [-0.4, -0.2) is 47.9 Å². The van der Waals surface area contributed by atoms with Crippen molar-refractivity contribution in [3.8, 4) is 0 Å². The first-order chi connectivity index (χ1) is 15.2. The monoisotopic (exact) mass is 439 g/mol. The van der Waals surface area contributed by atoms with Crippen LogP contribution < -0.4 is 21.7 Å². The Morgan fingerprint density at radius 2 is 1.97 bits per heavy atom. The fourth-order valence-corrected chi connectivity index (χ4v) is 4.47. The molecular weight excluding hydrogens is 409 g/mol. The zero-order valence-corrected chi connectivity index (χ0v) is 18.9. The van der Waals surface area contributed by atoms with Gasteiger partial charge in [-0.1, -0.05) is 0 Å². The number of hydrogen-bond donors (Lipinski definition) is 3. The van der Waals surface area contributed by atoms with Gasteiger partial charge in [0.2, 0.25) is 0 Å². The highest BCUT2D eigenvalue weighted by atomic mass is 19.1. The number of amidine groups is 1. The van der Waals surface area contributed by atoms with Crippen LogP contribution in [0.3, 0.4) is 0 Å². The van der Waals surface area contributed by atoms with Crippen molar-refractivity contribution in [2.24, 2.45) is 17.8 Å².